The van der Waals surface area contributed by atoms with Gasteiger partial charge in [-0.25, -0.2) is 0 Å². The fourth-order valence-electron chi connectivity index (χ4n) is 4.45. The Morgan fingerprint density at radius 3 is 2.45 bits per heavy atom. The number of allylic oxidation sites excluding steroid dienone is 2. The summed E-state index contributed by atoms with van der Waals surface area (Å²) in [4.78, 5) is 24.6. The Hall–Kier alpha value is -1.84. The molecule has 3 aliphatic rings. The SMILES string of the molecule is CC(=O)C1=C(O)C2(CCCC2)n2c(ccc2C2CCC2)C1=O. The summed E-state index contributed by atoms with van der Waals surface area (Å²) in [6, 6.07) is 3.89. The minimum atomic E-state index is -0.557. The van der Waals surface area contributed by atoms with Crippen LogP contribution in [0, 0.1) is 0 Å². The molecule has 4 nitrogen and oxygen atoms in total. The molecule has 4 heteroatoms. The van der Waals surface area contributed by atoms with Gasteiger partial charge in [0.1, 0.15) is 16.9 Å². The van der Waals surface area contributed by atoms with Gasteiger partial charge in [-0.05, 0) is 50.7 Å². The van der Waals surface area contributed by atoms with Crippen molar-refractivity contribution in [2.45, 2.75) is 63.3 Å². The minimum Gasteiger partial charge on any atom is -0.509 e. The minimum absolute atomic E-state index is 0.00709. The molecule has 2 saturated carbocycles. The smallest absolute Gasteiger partial charge is 0.216 e. The maximum atomic E-state index is 12.7. The molecule has 2 heterocycles. The van der Waals surface area contributed by atoms with Crippen LogP contribution in [0.1, 0.15) is 74.0 Å². The van der Waals surface area contributed by atoms with Crippen LogP contribution in [0.4, 0.5) is 0 Å². The molecule has 0 saturated heterocycles. The Morgan fingerprint density at radius 1 is 1.23 bits per heavy atom. The Kier molecular flexibility index (Phi) is 2.87. The van der Waals surface area contributed by atoms with Crippen LogP contribution in [0.5, 0.6) is 0 Å². The molecule has 1 spiro atoms. The van der Waals surface area contributed by atoms with Crippen LogP contribution in [0.3, 0.4) is 0 Å². The zero-order valence-corrected chi connectivity index (χ0v) is 12.9. The number of nitrogens with zero attached hydrogens (tertiary/aromatic N) is 1. The van der Waals surface area contributed by atoms with Crippen molar-refractivity contribution >= 4 is 11.6 Å². The lowest BCUT2D eigenvalue weighted by Crippen LogP contribution is -2.43. The standard InChI is InChI=1S/C18H21NO3/c1-11(20)15-16(21)14-8-7-13(12-5-4-6-12)19(14)18(17(15)22)9-2-3-10-18/h7-8,12,22H,2-6,9-10H2,1H3. The van der Waals surface area contributed by atoms with E-state index in [4.69, 9.17) is 0 Å². The number of aliphatic hydroxyl groups excluding tert-OH is 1. The highest BCUT2D eigenvalue weighted by Crippen LogP contribution is 2.50. The first-order valence-corrected chi connectivity index (χ1v) is 8.28. The number of fused-ring (bicyclic) bond motifs is 2. The molecule has 1 aliphatic heterocycles. The Bertz CT molecular complexity index is 700. The highest BCUT2D eigenvalue weighted by atomic mass is 16.3. The van der Waals surface area contributed by atoms with Crippen LogP contribution < -0.4 is 0 Å². The number of hydrogen-bond acceptors (Lipinski definition) is 3. The molecule has 0 radical (unpaired) electrons. The maximum absolute atomic E-state index is 12.7. The molecule has 1 N–H and O–H groups in total. The molecule has 1 aromatic heterocycles. The predicted octanol–water partition coefficient (Wildman–Crippen LogP) is 3.62. The number of ketones is 2. The molecular formula is C18H21NO3. The van der Waals surface area contributed by atoms with Gasteiger partial charge < -0.3 is 9.67 Å². The second-order valence-electron chi connectivity index (χ2n) is 6.95. The van der Waals surface area contributed by atoms with E-state index < -0.39 is 5.54 Å². The van der Waals surface area contributed by atoms with Gasteiger partial charge in [-0.2, -0.15) is 0 Å². The fraction of sp³-hybridized carbons (Fsp3) is 0.556. The van der Waals surface area contributed by atoms with Gasteiger partial charge in [-0.15, -0.1) is 0 Å². The van der Waals surface area contributed by atoms with Crippen molar-refractivity contribution in [1.29, 1.82) is 0 Å². The lowest BCUT2D eigenvalue weighted by atomic mass is 9.80. The first-order valence-electron chi connectivity index (χ1n) is 8.28. The lowest BCUT2D eigenvalue weighted by Gasteiger charge is -2.40. The summed E-state index contributed by atoms with van der Waals surface area (Å²) < 4.78 is 2.09. The third-order valence-electron chi connectivity index (χ3n) is 5.78. The highest BCUT2D eigenvalue weighted by Gasteiger charge is 2.50. The van der Waals surface area contributed by atoms with Crippen molar-refractivity contribution in [2.75, 3.05) is 0 Å². The Labute approximate surface area is 129 Å². The van der Waals surface area contributed by atoms with Gasteiger partial charge in [0.15, 0.2) is 5.78 Å². The molecule has 0 unspecified atom stereocenters. The van der Waals surface area contributed by atoms with E-state index in [1.54, 1.807) is 0 Å². The summed E-state index contributed by atoms with van der Waals surface area (Å²) >= 11 is 0. The second kappa shape index (κ2) is 4.58. The van der Waals surface area contributed by atoms with Gasteiger partial charge in [0.25, 0.3) is 0 Å². The molecular weight excluding hydrogens is 278 g/mol. The zero-order valence-electron chi connectivity index (χ0n) is 12.9. The van der Waals surface area contributed by atoms with E-state index in [0.29, 0.717) is 11.6 Å². The number of aliphatic hydroxyl groups is 1. The third-order valence-corrected chi connectivity index (χ3v) is 5.78. The summed E-state index contributed by atoms with van der Waals surface area (Å²) in [6.07, 6.45) is 7.19. The monoisotopic (exact) mass is 299 g/mol. The second-order valence-corrected chi connectivity index (χ2v) is 6.95. The maximum Gasteiger partial charge on any atom is 0.216 e. The van der Waals surface area contributed by atoms with Gasteiger partial charge in [0, 0.05) is 5.69 Å². The van der Waals surface area contributed by atoms with Crippen LogP contribution in [-0.2, 0) is 10.3 Å². The van der Waals surface area contributed by atoms with Gasteiger partial charge in [0.2, 0.25) is 5.78 Å². The van der Waals surface area contributed by atoms with Gasteiger partial charge >= 0.3 is 0 Å². The summed E-state index contributed by atoms with van der Waals surface area (Å²) in [5, 5.41) is 10.8. The van der Waals surface area contributed by atoms with Crippen LogP contribution in [-0.4, -0.2) is 21.2 Å². The van der Waals surface area contributed by atoms with E-state index in [2.05, 4.69) is 4.57 Å². The molecule has 0 atom stereocenters. The molecule has 22 heavy (non-hydrogen) atoms. The van der Waals surface area contributed by atoms with Crippen LogP contribution in [0.25, 0.3) is 0 Å². The third kappa shape index (κ3) is 1.58. The van der Waals surface area contributed by atoms with Crippen LogP contribution in [0.15, 0.2) is 23.5 Å². The number of aromatic nitrogens is 1. The first kappa shape index (κ1) is 13.8. The number of carbonyl (C=O) groups is 2. The lowest BCUT2D eigenvalue weighted by molar-refractivity contribution is -0.113. The van der Waals surface area contributed by atoms with Gasteiger partial charge in [0.05, 0.1) is 5.69 Å². The quantitative estimate of drug-likeness (QED) is 0.848. The number of hydrogen-bond donors (Lipinski definition) is 1. The normalized spacial score (nSPS) is 23.8. The summed E-state index contributed by atoms with van der Waals surface area (Å²) in [5.74, 6) is -0.128. The van der Waals surface area contributed by atoms with Crippen molar-refractivity contribution < 1.29 is 14.7 Å². The molecule has 0 aromatic carbocycles. The van der Waals surface area contributed by atoms with Crippen molar-refractivity contribution in [1.82, 2.24) is 4.57 Å². The van der Waals surface area contributed by atoms with E-state index in [1.807, 2.05) is 12.1 Å². The number of rotatable bonds is 2. The molecule has 0 amide bonds. The number of Topliss-reactive ketones (excluding diaryl/α,β-unsaturated/α-hetero) is 2. The van der Waals surface area contributed by atoms with Crippen molar-refractivity contribution in [2.24, 2.45) is 0 Å². The van der Waals surface area contributed by atoms with E-state index >= 15 is 0 Å². The summed E-state index contributed by atoms with van der Waals surface area (Å²) in [7, 11) is 0. The van der Waals surface area contributed by atoms with Gasteiger partial charge in [-0.3, -0.25) is 9.59 Å². The largest absolute Gasteiger partial charge is 0.509 e. The topological polar surface area (TPSA) is 59.3 Å². The summed E-state index contributed by atoms with van der Waals surface area (Å²) in [5.41, 5.74) is 1.21. The average molecular weight is 299 g/mol. The summed E-state index contributed by atoms with van der Waals surface area (Å²) in [6.45, 7) is 1.37. The van der Waals surface area contributed by atoms with E-state index in [1.165, 1.54) is 19.0 Å². The van der Waals surface area contributed by atoms with Crippen LogP contribution >= 0.6 is 0 Å². The zero-order chi connectivity index (χ0) is 15.5. The average Bonchev–Trinajstić information content (AvgIpc) is 3.02. The first-order chi connectivity index (χ1) is 10.6. The van der Waals surface area contributed by atoms with Gasteiger partial charge in [-0.1, -0.05) is 19.3 Å². The fourth-order valence-corrected chi connectivity index (χ4v) is 4.45. The molecule has 2 aliphatic carbocycles. The number of carbonyl (C=O) groups excluding carboxylic acids is 2. The predicted molar refractivity (Wildman–Crippen MR) is 82.1 cm³/mol. The molecule has 2 fully saturated rings. The van der Waals surface area contributed by atoms with E-state index in [0.717, 1.165) is 38.5 Å². The van der Waals surface area contributed by atoms with Crippen molar-refractivity contribution in [3.05, 3.63) is 34.9 Å². The van der Waals surface area contributed by atoms with Crippen LogP contribution in [0.2, 0.25) is 0 Å². The van der Waals surface area contributed by atoms with Crippen molar-refractivity contribution in [3.63, 3.8) is 0 Å². The Balaban J connectivity index is 1.96. The van der Waals surface area contributed by atoms with Crippen molar-refractivity contribution in [3.8, 4) is 0 Å². The molecule has 0 bridgehead atoms. The highest BCUT2D eigenvalue weighted by molar-refractivity contribution is 6.26. The Morgan fingerprint density at radius 2 is 1.91 bits per heavy atom. The van der Waals surface area contributed by atoms with E-state index in [9.17, 15) is 14.7 Å². The molecule has 1 aromatic rings. The van der Waals surface area contributed by atoms with E-state index in [-0.39, 0.29) is 22.9 Å². The molecule has 116 valence electrons. The molecule has 4 rings (SSSR count).